The van der Waals surface area contributed by atoms with E-state index < -0.39 is 39.3 Å². The summed E-state index contributed by atoms with van der Waals surface area (Å²) in [5, 5.41) is 2.52. The predicted octanol–water partition coefficient (Wildman–Crippen LogP) is 3.70. The van der Waals surface area contributed by atoms with Crippen molar-refractivity contribution in [3.05, 3.63) is 58.5 Å². The minimum Gasteiger partial charge on any atom is -0.466 e. The van der Waals surface area contributed by atoms with Crippen LogP contribution >= 0.6 is 0 Å². The van der Waals surface area contributed by atoms with E-state index in [2.05, 4.69) is 16.2 Å². The van der Waals surface area contributed by atoms with Gasteiger partial charge in [-0.2, -0.15) is 13.2 Å². The van der Waals surface area contributed by atoms with E-state index >= 15 is 0 Å². The number of benzene rings is 1. The minimum absolute atomic E-state index is 0.0147. The molecule has 2 aromatic rings. The van der Waals surface area contributed by atoms with Crippen molar-refractivity contribution in [3.8, 4) is 12.3 Å². The van der Waals surface area contributed by atoms with Crippen LogP contribution < -0.4 is 14.9 Å². The molecule has 41 heavy (non-hydrogen) atoms. The highest BCUT2D eigenvalue weighted by Gasteiger charge is 2.34. The summed E-state index contributed by atoms with van der Waals surface area (Å²) in [6, 6.07) is 4.35. The summed E-state index contributed by atoms with van der Waals surface area (Å²) in [7, 11) is -3.79. The molecule has 0 bridgehead atoms. The van der Waals surface area contributed by atoms with Crippen LogP contribution in [0.1, 0.15) is 42.1 Å². The van der Waals surface area contributed by atoms with Crippen LogP contribution in [0, 0.1) is 24.1 Å². The zero-order valence-corrected chi connectivity index (χ0v) is 23.0. The molecule has 1 aliphatic rings. The van der Waals surface area contributed by atoms with Crippen LogP contribution in [0.25, 0.3) is 6.08 Å². The maximum absolute atomic E-state index is 14.5. The Hall–Kier alpha value is -4.12. The number of nitrogens with one attached hydrogen (secondary N) is 2. The van der Waals surface area contributed by atoms with E-state index in [0.717, 1.165) is 24.5 Å². The van der Waals surface area contributed by atoms with E-state index in [1.165, 1.54) is 18.2 Å². The first-order valence-corrected chi connectivity index (χ1v) is 14.3. The first-order valence-electron chi connectivity index (χ1n) is 12.4. The molecule has 9 nitrogen and oxygen atoms in total. The lowest BCUT2D eigenvalue weighted by molar-refractivity contribution is -0.148. The van der Waals surface area contributed by atoms with Gasteiger partial charge in [0.25, 0.3) is 0 Å². The number of aromatic nitrogens is 1. The van der Waals surface area contributed by atoms with E-state index in [4.69, 9.17) is 11.2 Å². The molecule has 220 valence electrons. The largest absolute Gasteiger partial charge is 0.466 e. The van der Waals surface area contributed by atoms with Crippen molar-refractivity contribution in [2.45, 2.75) is 32.5 Å². The topological polar surface area (TPSA) is 118 Å². The molecular weight excluding hydrogens is 568 g/mol. The fraction of sp³-hybridized carbons (Fsp3) is 0.370. The van der Waals surface area contributed by atoms with Gasteiger partial charge < -0.3 is 15.0 Å². The first kappa shape index (κ1) is 31.4. The number of halogens is 4. The molecular formula is C27H28F4N4O5S. The fourth-order valence-corrected chi connectivity index (χ4v) is 4.75. The summed E-state index contributed by atoms with van der Waals surface area (Å²) in [5.74, 6) is -0.0820. The molecule has 0 spiro atoms. The standard InChI is InChI=1S/C27H28F4N4O5S/c1-4-18-14-17(15-21(28)24(18)34-41(3,38)39)16-32-23(36)9-7-19-6-8-22(27(29,30)31)33-25(19)35-12-10-20(11-13-35)26(37)40-5-2/h1,6-9,14-15,20,34H,5,10-13,16H2,2-3H3,(H,32,36). The summed E-state index contributed by atoms with van der Waals surface area (Å²) in [6.45, 7) is 2.27. The molecule has 14 heteroatoms. The number of hydrogen-bond acceptors (Lipinski definition) is 7. The number of amides is 1. The summed E-state index contributed by atoms with van der Waals surface area (Å²) >= 11 is 0. The van der Waals surface area contributed by atoms with Crippen LogP contribution in [0.5, 0.6) is 0 Å². The lowest BCUT2D eigenvalue weighted by atomic mass is 9.96. The number of esters is 1. The molecule has 3 rings (SSSR count). The zero-order valence-electron chi connectivity index (χ0n) is 22.2. The second-order valence-electron chi connectivity index (χ2n) is 9.19. The molecule has 1 aromatic heterocycles. The Balaban J connectivity index is 1.75. The minimum atomic E-state index is -4.68. The summed E-state index contributed by atoms with van der Waals surface area (Å²) in [5.41, 5.74) is -1.06. The van der Waals surface area contributed by atoms with Gasteiger partial charge in [0.05, 0.1) is 30.0 Å². The van der Waals surface area contributed by atoms with Crippen molar-refractivity contribution in [2.24, 2.45) is 5.92 Å². The first-order chi connectivity index (χ1) is 19.2. The van der Waals surface area contributed by atoms with Crippen LogP contribution in [0.15, 0.2) is 30.3 Å². The van der Waals surface area contributed by atoms with Crippen molar-refractivity contribution in [2.75, 3.05) is 35.6 Å². The molecule has 0 unspecified atom stereocenters. The van der Waals surface area contributed by atoms with Crippen molar-refractivity contribution in [3.63, 3.8) is 0 Å². The number of carbonyl (C=O) groups is 2. The van der Waals surface area contributed by atoms with E-state index in [1.54, 1.807) is 11.8 Å². The quantitative estimate of drug-likeness (QED) is 0.196. The van der Waals surface area contributed by atoms with Crippen LogP contribution in [-0.4, -0.2) is 51.2 Å². The van der Waals surface area contributed by atoms with E-state index in [0.29, 0.717) is 12.8 Å². The van der Waals surface area contributed by atoms with Gasteiger partial charge in [-0.15, -0.1) is 6.42 Å². The van der Waals surface area contributed by atoms with Crippen molar-refractivity contribution in [1.82, 2.24) is 10.3 Å². The molecule has 1 aliphatic heterocycles. The number of terminal acetylenes is 1. The monoisotopic (exact) mass is 596 g/mol. The summed E-state index contributed by atoms with van der Waals surface area (Å²) in [6.07, 6.45) is 4.67. The summed E-state index contributed by atoms with van der Waals surface area (Å²) in [4.78, 5) is 30.0. The zero-order chi connectivity index (χ0) is 30.4. The number of carbonyl (C=O) groups excluding carboxylic acids is 2. The highest BCUT2D eigenvalue weighted by Crippen LogP contribution is 2.33. The molecule has 1 fully saturated rings. The normalized spacial score (nSPS) is 14.5. The van der Waals surface area contributed by atoms with Gasteiger partial charge in [-0.05, 0) is 55.7 Å². The average molecular weight is 597 g/mol. The Bertz CT molecular complexity index is 1480. The van der Waals surface area contributed by atoms with Gasteiger partial charge in [0.1, 0.15) is 17.3 Å². The molecule has 1 aromatic carbocycles. The molecule has 0 saturated carbocycles. The number of sulfonamides is 1. The van der Waals surface area contributed by atoms with Crippen LogP contribution in [0.4, 0.5) is 29.1 Å². The van der Waals surface area contributed by atoms with Crippen molar-refractivity contribution >= 4 is 39.5 Å². The third-order valence-electron chi connectivity index (χ3n) is 6.08. The van der Waals surface area contributed by atoms with Crippen LogP contribution in [0.2, 0.25) is 0 Å². The number of alkyl halides is 3. The highest BCUT2D eigenvalue weighted by molar-refractivity contribution is 7.92. The maximum atomic E-state index is 14.5. The van der Waals surface area contributed by atoms with E-state index in [9.17, 15) is 35.6 Å². The molecule has 1 amide bonds. The van der Waals surface area contributed by atoms with Crippen molar-refractivity contribution < 1.29 is 40.3 Å². The number of piperidine rings is 1. The van der Waals surface area contributed by atoms with Gasteiger partial charge in [0.15, 0.2) is 0 Å². The Labute approximate surface area is 235 Å². The van der Waals surface area contributed by atoms with Gasteiger partial charge in [-0.1, -0.05) is 5.92 Å². The number of anilines is 2. The number of hydrogen-bond donors (Lipinski definition) is 2. The van der Waals surface area contributed by atoms with Gasteiger partial charge in [-0.25, -0.2) is 17.8 Å². The average Bonchev–Trinajstić information content (AvgIpc) is 2.91. The van der Waals surface area contributed by atoms with Crippen LogP contribution in [-0.2, 0) is 37.1 Å². The van der Waals surface area contributed by atoms with Gasteiger partial charge in [0, 0.05) is 31.3 Å². The van der Waals surface area contributed by atoms with Gasteiger partial charge >= 0.3 is 12.1 Å². The van der Waals surface area contributed by atoms with E-state index in [-0.39, 0.29) is 60.6 Å². The lowest BCUT2D eigenvalue weighted by Crippen LogP contribution is -2.38. The molecule has 1 saturated heterocycles. The molecule has 2 N–H and O–H groups in total. The molecule has 0 aliphatic carbocycles. The predicted molar refractivity (Wildman–Crippen MR) is 144 cm³/mol. The second kappa shape index (κ2) is 13.0. The lowest BCUT2D eigenvalue weighted by Gasteiger charge is -2.33. The molecule has 0 atom stereocenters. The highest BCUT2D eigenvalue weighted by atomic mass is 32.2. The SMILES string of the molecule is C#Cc1cc(CNC(=O)C=Cc2ccc(C(F)(F)F)nc2N2CCC(C(=O)OCC)CC2)cc(F)c1NS(C)(=O)=O. The Kier molecular flexibility index (Phi) is 9.98. The Morgan fingerprint density at radius 2 is 1.93 bits per heavy atom. The Morgan fingerprint density at radius 1 is 1.24 bits per heavy atom. The molecule has 0 radical (unpaired) electrons. The molecule has 2 heterocycles. The Morgan fingerprint density at radius 3 is 2.51 bits per heavy atom. The number of ether oxygens (including phenoxy) is 1. The van der Waals surface area contributed by atoms with Gasteiger partial charge in [0.2, 0.25) is 15.9 Å². The number of rotatable bonds is 9. The maximum Gasteiger partial charge on any atom is 0.433 e. The van der Waals surface area contributed by atoms with Crippen LogP contribution in [0.3, 0.4) is 0 Å². The fourth-order valence-electron chi connectivity index (χ4n) is 4.17. The summed E-state index contributed by atoms with van der Waals surface area (Å²) < 4.78 is 84.7. The van der Waals surface area contributed by atoms with E-state index in [1.807, 2.05) is 4.72 Å². The number of nitrogens with zero attached hydrogens (tertiary/aromatic N) is 2. The third kappa shape index (κ3) is 8.68. The third-order valence-corrected chi connectivity index (χ3v) is 6.66. The second-order valence-corrected chi connectivity index (χ2v) is 10.9. The van der Waals surface area contributed by atoms with Gasteiger partial charge in [-0.3, -0.25) is 14.3 Å². The van der Waals surface area contributed by atoms with Crippen molar-refractivity contribution in [1.29, 1.82) is 0 Å². The number of pyridine rings is 1. The smallest absolute Gasteiger partial charge is 0.433 e.